The van der Waals surface area contributed by atoms with E-state index in [9.17, 15) is 13.6 Å². The molecule has 0 saturated carbocycles. The fourth-order valence-electron chi connectivity index (χ4n) is 1.94. The summed E-state index contributed by atoms with van der Waals surface area (Å²) in [5.41, 5.74) is -0.557. The molecule has 0 unspecified atom stereocenters. The maximum atomic E-state index is 14.2. The van der Waals surface area contributed by atoms with Gasteiger partial charge >= 0.3 is 5.97 Å². The lowest BCUT2D eigenvalue weighted by Crippen LogP contribution is -2.08. The third-order valence-corrected chi connectivity index (χ3v) is 3.65. The largest absolute Gasteiger partial charge is 0.478 e. The van der Waals surface area contributed by atoms with Crippen LogP contribution in [0.5, 0.6) is 0 Å². The molecule has 3 nitrogen and oxygen atoms in total. The van der Waals surface area contributed by atoms with E-state index in [-0.39, 0.29) is 28.7 Å². The van der Waals surface area contributed by atoms with Crippen molar-refractivity contribution in [3.63, 3.8) is 0 Å². The van der Waals surface area contributed by atoms with Gasteiger partial charge in [0.2, 0.25) is 0 Å². The number of benzene rings is 2. The van der Waals surface area contributed by atoms with E-state index < -0.39 is 17.6 Å². The molecule has 0 aliphatic rings. The molecule has 0 atom stereocenters. The Labute approximate surface area is 133 Å². The molecule has 21 heavy (non-hydrogen) atoms. The number of nitriles is 1. The standard InChI is InChI=1S/C15H8F2INO2/c16-13-6-10(18)3-1-8(13)5-12-11(15(20)21)4-2-9(7-19)14(12)17/h1-4,6H,5H2,(H,20,21). The van der Waals surface area contributed by atoms with Crippen molar-refractivity contribution in [2.45, 2.75) is 6.42 Å². The first kappa shape index (κ1) is 15.4. The minimum atomic E-state index is -1.32. The Morgan fingerprint density at radius 1 is 1.29 bits per heavy atom. The average Bonchev–Trinajstić information content (AvgIpc) is 2.43. The fourth-order valence-corrected chi connectivity index (χ4v) is 2.39. The number of carbonyl (C=O) groups is 1. The molecule has 2 rings (SSSR count). The second kappa shape index (κ2) is 6.18. The van der Waals surface area contributed by atoms with E-state index in [1.807, 2.05) is 22.6 Å². The van der Waals surface area contributed by atoms with Crippen molar-refractivity contribution < 1.29 is 18.7 Å². The quantitative estimate of drug-likeness (QED) is 0.801. The van der Waals surface area contributed by atoms with Gasteiger partial charge in [0.05, 0.1) is 11.1 Å². The van der Waals surface area contributed by atoms with Gasteiger partial charge in [0.25, 0.3) is 0 Å². The van der Waals surface area contributed by atoms with Gasteiger partial charge in [-0.25, -0.2) is 13.6 Å². The summed E-state index contributed by atoms with van der Waals surface area (Å²) in [7, 11) is 0. The van der Waals surface area contributed by atoms with Crippen LogP contribution in [0.25, 0.3) is 0 Å². The molecule has 0 aliphatic carbocycles. The predicted molar refractivity (Wildman–Crippen MR) is 80.0 cm³/mol. The molecule has 0 amide bonds. The Morgan fingerprint density at radius 2 is 2.00 bits per heavy atom. The van der Waals surface area contributed by atoms with E-state index >= 15 is 0 Å². The van der Waals surface area contributed by atoms with Crippen molar-refractivity contribution in [1.82, 2.24) is 0 Å². The van der Waals surface area contributed by atoms with E-state index in [4.69, 9.17) is 10.4 Å². The normalized spacial score (nSPS) is 10.2. The molecule has 0 heterocycles. The van der Waals surface area contributed by atoms with Gasteiger partial charge < -0.3 is 5.11 Å². The summed E-state index contributed by atoms with van der Waals surface area (Å²) in [6, 6.07) is 8.31. The Morgan fingerprint density at radius 3 is 2.57 bits per heavy atom. The van der Waals surface area contributed by atoms with Gasteiger partial charge in [-0.1, -0.05) is 6.07 Å². The number of rotatable bonds is 3. The van der Waals surface area contributed by atoms with Gasteiger partial charge in [-0.3, -0.25) is 0 Å². The maximum Gasteiger partial charge on any atom is 0.336 e. The van der Waals surface area contributed by atoms with Gasteiger partial charge in [0.1, 0.15) is 17.7 Å². The van der Waals surface area contributed by atoms with Gasteiger partial charge in [-0.05, 0) is 52.4 Å². The molecule has 0 saturated heterocycles. The molecule has 0 radical (unpaired) electrons. The van der Waals surface area contributed by atoms with Crippen LogP contribution in [-0.4, -0.2) is 11.1 Å². The van der Waals surface area contributed by atoms with E-state index in [0.29, 0.717) is 3.57 Å². The van der Waals surface area contributed by atoms with Crippen LogP contribution in [0.1, 0.15) is 27.0 Å². The lowest BCUT2D eigenvalue weighted by Gasteiger charge is -2.10. The lowest BCUT2D eigenvalue weighted by molar-refractivity contribution is 0.0695. The van der Waals surface area contributed by atoms with Crippen LogP contribution in [0.3, 0.4) is 0 Å². The van der Waals surface area contributed by atoms with Crippen molar-refractivity contribution in [3.05, 3.63) is 67.8 Å². The Balaban J connectivity index is 2.57. The molecule has 0 aromatic heterocycles. The van der Waals surface area contributed by atoms with E-state index in [0.717, 1.165) is 12.1 Å². The first-order chi connectivity index (χ1) is 9.93. The number of carboxylic acid groups (broad SMARTS) is 1. The van der Waals surface area contributed by atoms with Gasteiger partial charge in [0, 0.05) is 15.6 Å². The van der Waals surface area contributed by atoms with Crippen molar-refractivity contribution >= 4 is 28.6 Å². The smallest absolute Gasteiger partial charge is 0.336 e. The van der Waals surface area contributed by atoms with Crippen molar-refractivity contribution in [2.24, 2.45) is 0 Å². The second-order valence-electron chi connectivity index (χ2n) is 4.28. The highest BCUT2D eigenvalue weighted by atomic mass is 127. The summed E-state index contributed by atoms with van der Waals surface area (Å²) >= 11 is 1.94. The first-order valence-electron chi connectivity index (χ1n) is 5.82. The lowest BCUT2D eigenvalue weighted by atomic mass is 9.96. The molecular formula is C15H8F2INO2. The van der Waals surface area contributed by atoms with Crippen LogP contribution >= 0.6 is 22.6 Å². The number of halogens is 3. The van der Waals surface area contributed by atoms with E-state index in [2.05, 4.69) is 0 Å². The second-order valence-corrected chi connectivity index (χ2v) is 5.53. The third kappa shape index (κ3) is 3.19. The molecule has 106 valence electrons. The highest BCUT2D eigenvalue weighted by Crippen LogP contribution is 2.23. The van der Waals surface area contributed by atoms with Crippen LogP contribution in [-0.2, 0) is 6.42 Å². The Bertz CT molecular complexity index is 769. The van der Waals surface area contributed by atoms with Crippen LogP contribution in [0.2, 0.25) is 0 Å². The Hall–Kier alpha value is -2.01. The van der Waals surface area contributed by atoms with Crippen LogP contribution in [0.4, 0.5) is 8.78 Å². The molecule has 1 N–H and O–H groups in total. The summed E-state index contributed by atoms with van der Waals surface area (Å²) < 4.78 is 28.7. The van der Waals surface area contributed by atoms with Gasteiger partial charge in [-0.2, -0.15) is 5.26 Å². The molecule has 2 aromatic rings. The minimum Gasteiger partial charge on any atom is -0.478 e. The summed E-state index contributed by atoms with van der Waals surface area (Å²) in [4.78, 5) is 11.2. The monoisotopic (exact) mass is 399 g/mol. The van der Waals surface area contributed by atoms with Crippen LogP contribution in [0.15, 0.2) is 30.3 Å². The first-order valence-corrected chi connectivity index (χ1v) is 6.90. The van der Waals surface area contributed by atoms with Gasteiger partial charge in [0.15, 0.2) is 0 Å². The molecule has 0 fully saturated rings. The molecule has 6 heteroatoms. The SMILES string of the molecule is N#Cc1ccc(C(=O)O)c(Cc2ccc(I)cc2F)c1F. The van der Waals surface area contributed by atoms with E-state index in [1.165, 1.54) is 12.1 Å². The molecule has 0 aliphatic heterocycles. The zero-order valence-corrected chi connectivity index (χ0v) is 12.7. The zero-order valence-electron chi connectivity index (χ0n) is 10.5. The highest BCUT2D eigenvalue weighted by molar-refractivity contribution is 14.1. The number of hydrogen-bond acceptors (Lipinski definition) is 2. The summed E-state index contributed by atoms with van der Waals surface area (Å²) in [5.74, 6) is -2.78. The third-order valence-electron chi connectivity index (χ3n) is 2.98. The zero-order chi connectivity index (χ0) is 15.6. The number of nitrogens with zero attached hydrogens (tertiary/aromatic N) is 1. The topological polar surface area (TPSA) is 61.1 Å². The summed E-state index contributed by atoms with van der Waals surface area (Å²) in [6.07, 6.45) is -0.230. The molecule has 0 spiro atoms. The maximum absolute atomic E-state index is 14.2. The van der Waals surface area contributed by atoms with Gasteiger partial charge in [-0.15, -0.1) is 0 Å². The predicted octanol–water partition coefficient (Wildman–Crippen LogP) is 3.73. The minimum absolute atomic E-state index is 0.173. The number of aromatic carboxylic acids is 1. The van der Waals surface area contributed by atoms with Crippen molar-refractivity contribution in [2.75, 3.05) is 0 Å². The Kier molecular flexibility index (Phi) is 4.53. The molecular weight excluding hydrogens is 391 g/mol. The molecule has 2 aromatic carbocycles. The summed E-state index contributed by atoms with van der Waals surface area (Å²) in [6.45, 7) is 0. The number of hydrogen-bond donors (Lipinski definition) is 1. The average molecular weight is 399 g/mol. The highest BCUT2D eigenvalue weighted by Gasteiger charge is 2.19. The summed E-state index contributed by atoms with van der Waals surface area (Å²) in [5, 5.41) is 17.9. The van der Waals surface area contributed by atoms with Crippen molar-refractivity contribution in [1.29, 1.82) is 5.26 Å². The fraction of sp³-hybridized carbons (Fsp3) is 0.0667. The van der Waals surface area contributed by atoms with Crippen LogP contribution < -0.4 is 0 Å². The number of carboxylic acids is 1. The molecule has 0 bridgehead atoms. The van der Waals surface area contributed by atoms with Crippen molar-refractivity contribution in [3.8, 4) is 6.07 Å². The van der Waals surface area contributed by atoms with E-state index in [1.54, 1.807) is 12.1 Å². The van der Waals surface area contributed by atoms with Crippen LogP contribution in [0, 0.1) is 26.5 Å².